The van der Waals surface area contributed by atoms with Crippen molar-refractivity contribution in [3.05, 3.63) is 27.2 Å². The van der Waals surface area contributed by atoms with Crippen molar-refractivity contribution in [1.82, 2.24) is 10.0 Å². The van der Waals surface area contributed by atoms with Gasteiger partial charge in [0.05, 0.1) is 5.02 Å². The molecule has 0 spiro atoms. The summed E-state index contributed by atoms with van der Waals surface area (Å²) in [6, 6.07) is 2.23. The predicted molar refractivity (Wildman–Crippen MR) is 82.1 cm³/mol. The first-order valence-electron chi connectivity index (χ1n) is 6.51. The highest BCUT2D eigenvalue weighted by molar-refractivity contribution is 7.89. The molecule has 1 aliphatic carbocycles. The fraction of sp³-hybridized carbons (Fsp3) is 0.538. The van der Waals surface area contributed by atoms with Gasteiger partial charge < -0.3 is 5.32 Å². The Morgan fingerprint density at radius 3 is 2.50 bits per heavy atom. The normalized spacial score (nSPS) is 15.6. The van der Waals surface area contributed by atoms with Gasteiger partial charge in [0, 0.05) is 24.2 Å². The third kappa shape index (κ3) is 3.65. The number of aryl methyl sites for hydroxylation is 1. The van der Waals surface area contributed by atoms with Crippen LogP contribution in [0.5, 0.6) is 0 Å². The van der Waals surface area contributed by atoms with E-state index in [1.165, 1.54) is 12.8 Å². The minimum absolute atomic E-state index is 0.0792. The van der Waals surface area contributed by atoms with Crippen molar-refractivity contribution in [2.75, 3.05) is 13.1 Å². The molecule has 112 valence electrons. The second-order valence-corrected chi connectivity index (χ2v) is 7.56. The minimum Gasteiger partial charge on any atom is -0.313 e. The smallest absolute Gasteiger partial charge is 0.242 e. The summed E-state index contributed by atoms with van der Waals surface area (Å²) in [5.74, 6) is 0. The van der Waals surface area contributed by atoms with Gasteiger partial charge in [-0.2, -0.15) is 0 Å². The molecule has 7 heteroatoms. The maximum absolute atomic E-state index is 12.4. The van der Waals surface area contributed by atoms with Crippen LogP contribution in [0.4, 0.5) is 0 Å². The van der Waals surface area contributed by atoms with E-state index in [-0.39, 0.29) is 9.92 Å². The molecular formula is C13H18Cl2N2O2S. The van der Waals surface area contributed by atoms with Crippen molar-refractivity contribution >= 4 is 33.2 Å². The summed E-state index contributed by atoms with van der Waals surface area (Å²) in [6.07, 6.45) is 2.34. The highest BCUT2D eigenvalue weighted by atomic mass is 35.5. The Hall–Kier alpha value is -0.330. The van der Waals surface area contributed by atoms with Gasteiger partial charge in [0.1, 0.15) is 4.90 Å². The lowest BCUT2D eigenvalue weighted by Crippen LogP contribution is -2.33. The van der Waals surface area contributed by atoms with Gasteiger partial charge in [-0.15, -0.1) is 0 Å². The van der Waals surface area contributed by atoms with E-state index in [2.05, 4.69) is 10.0 Å². The highest BCUT2D eigenvalue weighted by Crippen LogP contribution is 2.33. The Labute approximate surface area is 129 Å². The van der Waals surface area contributed by atoms with Crippen LogP contribution >= 0.6 is 23.2 Å². The maximum atomic E-state index is 12.4. The molecule has 0 heterocycles. The fourth-order valence-corrected chi connectivity index (χ4v) is 4.19. The van der Waals surface area contributed by atoms with E-state index >= 15 is 0 Å². The summed E-state index contributed by atoms with van der Waals surface area (Å²) < 4.78 is 27.3. The zero-order valence-corrected chi connectivity index (χ0v) is 13.8. The predicted octanol–water partition coefficient (Wildman–Crippen LogP) is 2.64. The van der Waals surface area contributed by atoms with Crippen molar-refractivity contribution < 1.29 is 8.42 Å². The van der Waals surface area contributed by atoms with Crippen LogP contribution in [0, 0.1) is 13.8 Å². The SMILES string of the molecule is Cc1cc(Cl)c(C)c(S(=O)(=O)NCCNC2CC2)c1Cl. The van der Waals surface area contributed by atoms with Crippen molar-refractivity contribution in [3.8, 4) is 0 Å². The Morgan fingerprint density at radius 2 is 1.90 bits per heavy atom. The second-order valence-electron chi connectivity index (χ2n) is 5.07. The average molecular weight is 337 g/mol. The van der Waals surface area contributed by atoms with E-state index in [0.717, 1.165) is 0 Å². The van der Waals surface area contributed by atoms with Gasteiger partial charge in [-0.05, 0) is 43.9 Å². The summed E-state index contributed by atoms with van der Waals surface area (Å²) in [4.78, 5) is 0.0792. The van der Waals surface area contributed by atoms with Crippen molar-refractivity contribution in [1.29, 1.82) is 0 Å². The van der Waals surface area contributed by atoms with Crippen LogP contribution in [0.15, 0.2) is 11.0 Å². The Balaban J connectivity index is 2.15. The molecule has 0 amide bonds. The molecule has 0 bridgehead atoms. The Morgan fingerprint density at radius 1 is 1.25 bits per heavy atom. The topological polar surface area (TPSA) is 58.2 Å². The molecule has 0 aromatic heterocycles. The van der Waals surface area contributed by atoms with Crippen molar-refractivity contribution in [2.45, 2.75) is 37.6 Å². The first-order valence-corrected chi connectivity index (χ1v) is 8.75. The maximum Gasteiger partial charge on any atom is 0.242 e. The van der Waals surface area contributed by atoms with Crippen LogP contribution in [-0.4, -0.2) is 27.5 Å². The molecular weight excluding hydrogens is 319 g/mol. The lowest BCUT2D eigenvalue weighted by atomic mass is 10.2. The van der Waals surface area contributed by atoms with Crippen LogP contribution in [-0.2, 0) is 10.0 Å². The summed E-state index contributed by atoms with van der Waals surface area (Å²) in [5.41, 5.74) is 1.13. The average Bonchev–Trinajstić information content (AvgIpc) is 3.16. The molecule has 20 heavy (non-hydrogen) atoms. The molecule has 2 N–H and O–H groups in total. The molecule has 1 fully saturated rings. The summed E-state index contributed by atoms with van der Waals surface area (Å²) in [7, 11) is -3.65. The largest absolute Gasteiger partial charge is 0.313 e. The van der Waals surface area contributed by atoms with E-state index in [0.29, 0.717) is 35.3 Å². The van der Waals surface area contributed by atoms with E-state index in [4.69, 9.17) is 23.2 Å². The molecule has 0 atom stereocenters. The summed E-state index contributed by atoms with van der Waals surface area (Å²) >= 11 is 12.2. The van der Waals surface area contributed by atoms with Crippen LogP contribution in [0.1, 0.15) is 24.0 Å². The van der Waals surface area contributed by atoms with Crippen LogP contribution in [0.25, 0.3) is 0 Å². The second kappa shape index (κ2) is 6.20. The fourth-order valence-electron chi connectivity index (χ4n) is 1.95. The molecule has 1 saturated carbocycles. The Kier molecular flexibility index (Phi) is 4.97. The number of hydrogen-bond acceptors (Lipinski definition) is 3. The third-order valence-electron chi connectivity index (χ3n) is 3.28. The summed E-state index contributed by atoms with van der Waals surface area (Å²) in [6.45, 7) is 4.34. The number of benzene rings is 1. The molecule has 0 saturated heterocycles. The molecule has 0 radical (unpaired) electrons. The van der Waals surface area contributed by atoms with Crippen LogP contribution in [0.2, 0.25) is 10.0 Å². The van der Waals surface area contributed by atoms with Gasteiger partial charge in [-0.1, -0.05) is 23.2 Å². The minimum atomic E-state index is -3.65. The molecule has 1 aromatic rings. The highest BCUT2D eigenvalue weighted by Gasteiger charge is 2.24. The monoisotopic (exact) mass is 336 g/mol. The number of halogens is 2. The molecule has 4 nitrogen and oxygen atoms in total. The lowest BCUT2D eigenvalue weighted by Gasteiger charge is -2.14. The molecule has 0 aliphatic heterocycles. The first kappa shape index (κ1) is 16.0. The van der Waals surface area contributed by atoms with E-state index in [9.17, 15) is 8.42 Å². The zero-order chi connectivity index (χ0) is 14.9. The van der Waals surface area contributed by atoms with Crippen molar-refractivity contribution in [3.63, 3.8) is 0 Å². The Bertz CT molecular complexity index is 587. The van der Waals surface area contributed by atoms with Gasteiger partial charge in [-0.3, -0.25) is 0 Å². The number of sulfonamides is 1. The van der Waals surface area contributed by atoms with Crippen LogP contribution in [0.3, 0.4) is 0 Å². The number of hydrogen-bond donors (Lipinski definition) is 2. The van der Waals surface area contributed by atoms with Gasteiger partial charge in [0.2, 0.25) is 10.0 Å². The van der Waals surface area contributed by atoms with Crippen LogP contribution < -0.4 is 10.0 Å². The molecule has 2 rings (SSSR count). The quantitative estimate of drug-likeness (QED) is 0.785. The first-order chi connectivity index (χ1) is 9.33. The number of rotatable bonds is 6. The van der Waals surface area contributed by atoms with Gasteiger partial charge >= 0.3 is 0 Å². The molecule has 0 unspecified atom stereocenters. The molecule has 1 aliphatic rings. The van der Waals surface area contributed by atoms with Gasteiger partial charge in [-0.25, -0.2) is 13.1 Å². The van der Waals surface area contributed by atoms with Crippen molar-refractivity contribution in [2.24, 2.45) is 0 Å². The third-order valence-corrected chi connectivity index (χ3v) is 5.91. The van der Waals surface area contributed by atoms with E-state index in [1.807, 2.05) is 0 Å². The van der Waals surface area contributed by atoms with E-state index in [1.54, 1.807) is 19.9 Å². The summed E-state index contributed by atoms with van der Waals surface area (Å²) in [5, 5.41) is 3.88. The van der Waals surface area contributed by atoms with Gasteiger partial charge in [0.15, 0.2) is 0 Å². The standard InChI is InChI=1S/C13H18Cl2N2O2S/c1-8-7-11(14)9(2)13(12(8)15)20(18,19)17-6-5-16-10-3-4-10/h7,10,16-17H,3-6H2,1-2H3. The number of nitrogens with one attached hydrogen (secondary N) is 2. The van der Waals surface area contributed by atoms with E-state index < -0.39 is 10.0 Å². The van der Waals surface area contributed by atoms with Gasteiger partial charge in [0.25, 0.3) is 0 Å². The molecule has 1 aromatic carbocycles. The zero-order valence-electron chi connectivity index (χ0n) is 11.5. The lowest BCUT2D eigenvalue weighted by molar-refractivity contribution is 0.575.